The van der Waals surface area contributed by atoms with Crippen LogP contribution in [-0.2, 0) is 9.59 Å². The van der Waals surface area contributed by atoms with E-state index in [1.54, 1.807) is 24.3 Å². The number of rotatable bonds is 3. The Morgan fingerprint density at radius 2 is 1.46 bits per heavy atom. The zero-order valence-corrected chi connectivity index (χ0v) is 15.1. The van der Waals surface area contributed by atoms with E-state index in [-0.39, 0.29) is 35.4 Å². The summed E-state index contributed by atoms with van der Waals surface area (Å²) < 4.78 is 13.0. The second-order valence-electron chi connectivity index (χ2n) is 7.90. The van der Waals surface area contributed by atoms with Crippen LogP contribution in [0.15, 0.2) is 48.5 Å². The highest BCUT2D eigenvalue weighted by Gasteiger charge is 2.61. The molecule has 3 fully saturated rings. The van der Waals surface area contributed by atoms with Crippen LogP contribution in [-0.4, -0.2) is 17.7 Å². The van der Waals surface area contributed by atoms with Crippen molar-refractivity contribution in [3.05, 3.63) is 59.9 Å². The fourth-order valence-corrected chi connectivity index (χ4v) is 5.16. The molecule has 3 amide bonds. The van der Waals surface area contributed by atoms with E-state index in [1.165, 1.54) is 29.2 Å². The topological polar surface area (TPSA) is 66.5 Å². The fraction of sp³-hybridized carbons (Fsp3) is 0.318. The van der Waals surface area contributed by atoms with Gasteiger partial charge in [-0.3, -0.25) is 19.3 Å². The number of nitrogens with one attached hydrogen (secondary N) is 1. The van der Waals surface area contributed by atoms with Crippen molar-refractivity contribution in [3.8, 4) is 0 Å². The lowest BCUT2D eigenvalue weighted by atomic mass is 9.81. The van der Waals surface area contributed by atoms with E-state index in [0.29, 0.717) is 28.8 Å². The van der Waals surface area contributed by atoms with E-state index < -0.39 is 0 Å². The molecule has 2 bridgehead atoms. The highest BCUT2D eigenvalue weighted by atomic mass is 19.1. The van der Waals surface area contributed by atoms with Gasteiger partial charge < -0.3 is 5.32 Å². The van der Waals surface area contributed by atoms with Crippen molar-refractivity contribution in [2.75, 3.05) is 10.2 Å². The second-order valence-corrected chi connectivity index (χ2v) is 7.90. The minimum Gasteiger partial charge on any atom is -0.322 e. The number of amides is 3. The predicted octanol–water partition coefficient (Wildman–Crippen LogP) is 3.61. The van der Waals surface area contributed by atoms with E-state index in [1.807, 2.05) is 0 Å². The first kappa shape index (κ1) is 17.1. The summed E-state index contributed by atoms with van der Waals surface area (Å²) in [6, 6.07) is 12.0. The molecule has 5 rings (SSSR count). The lowest BCUT2D eigenvalue weighted by Crippen LogP contribution is -2.32. The average molecular weight is 378 g/mol. The quantitative estimate of drug-likeness (QED) is 0.830. The molecule has 2 saturated carbocycles. The minimum atomic E-state index is -0.375. The smallest absolute Gasteiger partial charge is 0.255 e. The molecule has 1 aliphatic heterocycles. The SMILES string of the molecule is O=C(Nc1ccc(F)cc1)c1ccc(N2C(=O)[C@@H]3[C@H]4CC[C@@H](C4)[C@H]3C2=O)cc1. The number of nitrogens with zero attached hydrogens (tertiary/aromatic N) is 1. The van der Waals surface area contributed by atoms with Gasteiger partial charge in [-0.2, -0.15) is 0 Å². The van der Waals surface area contributed by atoms with Gasteiger partial charge in [-0.15, -0.1) is 0 Å². The van der Waals surface area contributed by atoms with Gasteiger partial charge in [0.15, 0.2) is 0 Å². The molecule has 1 N–H and O–H groups in total. The number of imide groups is 1. The largest absolute Gasteiger partial charge is 0.322 e. The fourth-order valence-electron chi connectivity index (χ4n) is 5.16. The van der Waals surface area contributed by atoms with Gasteiger partial charge in [0.25, 0.3) is 5.91 Å². The highest BCUT2D eigenvalue weighted by Crippen LogP contribution is 2.56. The summed E-state index contributed by atoms with van der Waals surface area (Å²) in [5.74, 6) is -0.529. The molecule has 1 heterocycles. The zero-order chi connectivity index (χ0) is 19.4. The van der Waals surface area contributed by atoms with Crippen molar-refractivity contribution >= 4 is 29.1 Å². The van der Waals surface area contributed by atoms with E-state index in [9.17, 15) is 18.8 Å². The normalized spacial score (nSPS) is 28.0. The van der Waals surface area contributed by atoms with Gasteiger partial charge in [-0.1, -0.05) is 0 Å². The minimum absolute atomic E-state index is 0.0919. The molecule has 0 unspecified atom stereocenters. The molecule has 0 radical (unpaired) electrons. The van der Waals surface area contributed by atoms with Gasteiger partial charge in [-0.05, 0) is 79.6 Å². The molecule has 142 valence electrons. The Kier molecular flexibility index (Phi) is 3.82. The number of benzene rings is 2. The van der Waals surface area contributed by atoms with Crippen molar-refractivity contribution in [2.24, 2.45) is 23.7 Å². The molecule has 3 aliphatic rings. The third-order valence-electron chi connectivity index (χ3n) is 6.42. The van der Waals surface area contributed by atoms with Gasteiger partial charge in [0, 0.05) is 11.3 Å². The third-order valence-corrected chi connectivity index (χ3v) is 6.42. The van der Waals surface area contributed by atoms with E-state index >= 15 is 0 Å². The molecule has 0 aromatic heterocycles. The van der Waals surface area contributed by atoms with Crippen molar-refractivity contribution in [3.63, 3.8) is 0 Å². The molecule has 4 atom stereocenters. The standard InChI is InChI=1S/C22H19FN2O3/c23-15-5-7-16(8-6-15)24-20(26)12-3-9-17(10-4-12)25-21(27)18-13-1-2-14(11-13)19(18)22(25)28/h3-10,13-14,18-19H,1-2,11H2,(H,24,26)/t13-,14-,18+,19+/m0/s1. The maximum Gasteiger partial charge on any atom is 0.255 e. The number of hydrogen-bond acceptors (Lipinski definition) is 3. The first-order chi connectivity index (χ1) is 13.5. The highest BCUT2D eigenvalue weighted by molar-refractivity contribution is 6.22. The lowest BCUT2D eigenvalue weighted by molar-refractivity contribution is -0.123. The predicted molar refractivity (Wildman–Crippen MR) is 101 cm³/mol. The maximum atomic E-state index is 13.0. The summed E-state index contributed by atoms with van der Waals surface area (Å²) in [6.45, 7) is 0. The Balaban J connectivity index is 1.34. The molecule has 2 aromatic rings. The molecule has 5 nitrogen and oxygen atoms in total. The molecule has 2 aromatic carbocycles. The van der Waals surface area contributed by atoms with Crippen molar-refractivity contribution in [2.45, 2.75) is 19.3 Å². The third kappa shape index (κ3) is 2.55. The summed E-state index contributed by atoms with van der Waals surface area (Å²) in [7, 11) is 0. The molecule has 2 aliphatic carbocycles. The summed E-state index contributed by atoms with van der Waals surface area (Å²) >= 11 is 0. The molecule has 1 saturated heterocycles. The first-order valence-electron chi connectivity index (χ1n) is 9.58. The van der Waals surface area contributed by atoms with Crippen molar-refractivity contribution in [1.82, 2.24) is 0 Å². The van der Waals surface area contributed by atoms with E-state index in [4.69, 9.17) is 0 Å². The summed E-state index contributed by atoms with van der Waals surface area (Å²) in [6.07, 6.45) is 3.09. The number of carbonyl (C=O) groups excluding carboxylic acids is 3. The van der Waals surface area contributed by atoms with E-state index in [0.717, 1.165) is 19.3 Å². The van der Waals surface area contributed by atoms with Gasteiger partial charge in [0.1, 0.15) is 5.82 Å². The van der Waals surface area contributed by atoms with Gasteiger partial charge >= 0.3 is 0 Å². The second kappa shape index (κ2) is 6.26. The molecular weight excluding hydrogens is 359 g/mol. The van der Waals surface area contributed by atoms with Crippen LogP contribution in [0.5, 0.6) is 0 Å². The van der Waals surface area contributed by atoms with Crippen LogP contribution in [0, 0.1) is 29.5 Å². The monoisotopic (exact) mass is 378 g/mol. The van der Waals surface area contributed by atoms with Gasteiger partial charge in [-0.25, -0.2) is 4.39 Å². The zero-order valence-electron chi connectivity index (χ0n) is 15.1. The number of hydrogen-bond donors (Lipinski definition) is 1. The first-order valence-corrected chi connectivity index (χ1v) is 9.58. The molecule has 28 heavy (non-hydrogen) atoms. The van der Waals surface area contributed by atoms with Crippen LogP contribution in [0.2, 0.25) is 0 Å². The van der Waals surface area contributed by atoms with E-state index in [2.05, 4.69) is 5.32 Å². The maximum absolute atomic E-state index is 13.0. The summed E-state index contributed by atoms with van der Waals surface area (Å²) in [5, 5.41) is 2.69. The number of carbonyl (C=O) groups is 3. The van der Waals surface area contributed by atoms with Crippen molar-refractivity contribution < 1.29 is 18.8 Å². The van der Waals surface area contributed by atoms with Crippen molar-refractivity contribution in [1.29, 1.82) is 0 Å². The van der Waals surface area contributed by atoms with Crippen LogP contribution in [0.4, 0.5) is 15.8 Å². The lowest BCUT2D eigenvalue weighted by Gasteiger charge is -2.19. The summed E-state index contributed by atoms with van der Waals surface area (Å²) in [4.78, 5) is 39.4. The average Bonchev–Trinajstić information content (AvgIpc) is 3.38. The Morgan fingerprint density at radius 1 is 0.893 bits per heavy atom. The molecule has 0 spiro atoms. The van der Waals surface area contributed by atoms with Crippen LogP contribution in [0.25, 0.3) is 0 Å². The number of halogens is 1. The molecule has 6 heteroatoms. The van der Waals surface area contributed by atoms with Crippen LogP contribution >= 0.6 is 0 Å². The Hall–Kier alpha value is -3.02. The summed E-state index contributed by atoms with van der Waals surface area (Å²) in [5.41, 5.74) is 1.40. The number of anilines is 2. The Bertz CT molecular complexity index is 942. The van der Waals surface area contributed by atoms with Crippen LogP contribution < -0.4 is 10.2 Å². The Morgan fingerprint density at radius 3 is 2.04 bits per heavy atom. The van der Waals surface area contributed by atoms with Gasteiger partial charge in [0.2, 0.25) is 11.8 Å². The Labute approximate surface area is 161 Å². The number of fused-ring (bicyclic) bond motifs is 5. The van der Waals surface area contributed by atoms with Gasteiger partial charge in [0.05, 0.1) is 17.5 Å². The molecular formula is C22H19FN2O3. The van der Waals surface area contributed by atoms with Crippen LogP contribution in [0.3, 0.4) is 0 Å². The van der Waals surface area contributed by atoms with Crippen LogP contribution in [0.1, 0.15) is 29.6 Å².